The van der Waals surface area contributed by atoms with Gasteiger partial charge in [-0.15, -0.1) is 0 Å². The molecule has 1 heterocycles. The lowest BCUT2D eigenvalue weighted by atomic mass is 9.85. The number of hydrogen-bond donors (Lipinski definition) is 1. The van der Waals surface area contributed by atoms with Crippen LogP contribution < -0.4 is 5.73 Å². The van der Waals surface area contributed by atoms with E-state index in [0.717, 1.165) is 32.6 Å². The molecule has 3 heteroatoms. The van der Waals surface area contributed by atoms with Crippen LogP contribution in [0.2, 0.25) is 5.02 Å². The van der Waals surface area contributed by atoms with E-state index in [-0.39, 0.29) is 5.41 Å². The highest BCUT2D eigenvalue weighted by molar-refractivity contribution is 6.30. The molecule has 0 bridgehead atoms. The minimum atomic E-state index is 0.0894. The molecule has 0 aliphatic carbocycles. The molecule has 0 aliphatic heterocycles. The van der Waals surface area contributed by atoms with Crippen molar-refractivity contribution < 1.29 is 0 Å². The third kappa shape index (κ3) is 3.10. The summed E-state index contributed by atoms with van der Waals surface area (Å²) in [6.45, 7) is 7.07. The van der Waals surface area contributed by atoms with Crippen LogP contribution in [0.25, 0.3) is 21.9 Å². The number of fused-ring (bicyclic) bond motifs is 1. The summed E-state index contributed by atoms with van der Waals surface area (Å²) in [5, 5.41) is 3.01. The van der Waals surface area contributed by atoms with Gasteiger partial charge in [-0.25, -0.2) is 0 Å². The minimum absolute atomic E-state index is 0.0894. The molecule has 2 nitrogen and oxygen atoms in total. The molecule has 2 N–H and O–H groups in total. The molecule has 0 atom stereocenters. The van der Waals surface area contributed by atoms with E-state index in [0.29, 0.717) is 6.54 Å². The monoisotopic (exact) mass is 324 g/mol. The van der Waals surface area contributed by atoms with Crippen LogP contribution in [0.4, 0.5) is 0 Å². The van der Waals surface area contributed by atoms with Gasteiger partial charge in [-0.1, -0.05) is 56.6 Å². The highest BCUT2D eigenvalue weighted by Gasteiger charge is 2.16. The summed E-state index contributed by atoms with van der Waals surface area (Å²) in [6, 6.07) is 14.5. The number of hydrogen-bond acceptors (Lipinski definition) is 2. The number of halogens is 1. The molecule has 0 saturated heterocycles. The Morgan fingerprint density at radius 2 is 1.83 bits per heavy atom. The van der Waals surface area contributed by atoms with Gasteiger partial charge in [0.15, 0.2) is 0 Å². The number of nitrogens with two attached hydrogens (primary N) is 1. The van der Waals surface area contributed by atoms with Crippen molar-refractivity contribution in [2.24, 2.45) is 5.73 Å². The fourth-order valence-electron chi connectivity index (χ4n) is 2.81. The molecule has 0 aliphatic rings. The molecule has 3 aromatic rings. The van der Waals surface area contributed by atoms with E-state index >= 15 is 0 Å². The normalized spacial score (nSPS) is 11.9. The average Bonchev–Trinajstić information content (AvgIpc) is 2.52. The second-order valence-electron chi connectivity index (χ2n) is 6.84. The van der Waals surface area contributed by atoms with Gasteiger partial charge in [0, 0.05) is 28.7 Å². The lowest BCUT2D eigenvalue weighted by Gasteiger charge is -2.20. The molecule has 23 heavy (non-hydrogen) atoms. The van der Waals surface area contributed by atoms with Gasteiger partial charge in [0.2, 0.25) is 0 Å². The molecule has 2 aromatic carbocycles. The topological polar surface area (TPSA) is 38.9 Å². The van der Waals surface area contributed by atoms with E-state index in [9.17, 15) is 0 Å². The van der Waals surface area contributed by atoms with Crippen LogP contribution in [0.15, 0.2) is 48.7 Å². The van der Waals surface area contributed by atoms with Crippen molar-refractivity contribution in [3.05, 3.63) is 64.9 Å². The predicted molar refractivity (Wildman–Crippen MR) is 98.8 cm³/mol. The quantitative estimate of drug-likeness (QED) is 0.693. The Labute approximate surface area is 142 Å². The lowest BCUT2D eigenvalue weighted by molar-refractivity contribution is 0.591. The SMILES string of the molecule is CC(C)(C)c1ccc2c(-c3cccc(Cl)c3)cnc(CN)c2c1. The zero-order valence-electron chi connectivity index (χ0n) is 13.7. The van der Waals surface area contributed by atoms with Crippen molar-refractivity contribution in [3.8, 4) is 11.1 Å². The molecule has 3 rings (SSSR count). The fourth-order valence-corrected chi connectivity index (χ4v) is 3.00. The number of pyridine rings is 1. The first-order valence-corrected chi connectivity index (χ1v) is 8.16. The summed E-state index contributed by atoms with van der Waals surface area (Å²) in [4.78, 5) is 4.59. The minimum Gasteiger partial charge on any atom is -0.325 e. The summed E-state index contributed by atoms with van der Waals surface area (Å²) >= 11 is 6.15. The number of rotatable bonds is 2. The standard InChI is InChI=1S/C20H21ClN2/c1-20(2,3)14-7-8-16-17(10-14)19(11-22)23-12-18(16)13-5-4-6-15(21)9-13/h4-10,12H,11,22H2,1-3H3. The Morgan fingerprint density at radius 3 is 2.48 bits per heavy atom. The van der Waals surface area contributed by atoms with Crippen molar-refractivity contribution in [3.63, 3.8) is 0 Å². The Kier molecular flexibility index (Phi) is 4.13. The van der Waals surface area contributed by atoms with Crippen molar-refractivity contribution in [1.82, 2.24) is 4.98 Å². The fraction of sp³-hybridized carbons (Fsp3) is 0.250. The van der Waals surface area contributed by atoms with Crippen molar-refractivity contribution in [1.29, 1.82) is 0 Å². The first kappa shape index (κ1) is 16.0. The second-order valence-corrected chi connectivity index (χ2v) is 7.28. The molecule has 0 radical (unpaired) electrons. The molecule has 0 saturated carbocycles. The van der Waals surface area contributed by atoms with Crippen LogP contribution in [0, 0.1) is 0 Å². The highest BCUT2D eigenvalue weighted by atomic mass is 35.5. The molecular weight excluding hydrogens is 304 g/mol. The van der Waals surface area contributed by atoms with Crippen LogP contribution in [0.1, 0.15) is 32.0 Å². The van der Waals surface area contributed by atoms with Crippen molar-refractivity contribution >= 4 is 22.4 Å². The molecule has 0 amide bonds. The third-order valence-corrected chi connectivity index (χ3v) is 4.40. The molecular formula is C20H21ClN2. The zero-order valence-corrected chi connectivity index (χ0v) is 14.5. The number of nitrogens with zero attached hydrogens (tertiary/aromatic N) is 1. The molecule has 0 fully saturated rings. The van der Waals surface area contributed by atoms with Crippen molar-refractivity contribution in [2.75, 3.05) is 0 Å². The van der Waals surface area contributed by atoms with Gasteiger partial charge in [0.1, 0.15) is 0 Å². The largest absolute Gasteiger partial charge is 0.325 e. The van der Waals surface area contributed by atoms with Crippen LogP contribution in [0.5, 0.6) is 0 Å². The smallest absolute Gasteiger partial charge is 0.0618 e. The maximum atomic E-state index is 6.15. The van der Waals surface area contributed by atoms with E-state index in [1.165, 1.54) is 5.56 Å². The Balaban J connectivity index is 2.29. The van der Waals surface area contributed by atoms with Crippen LogP contribution >= 0.6 is 11.6 Å². The van der Waals surface area contributed by atoms with Crippen LogP contribution in [-0.2, 0) is 12.0 Å². The van der Waals surface area contributed by atoms with E-state index in [1.807, 2.05) is 24.4 Å². The van der Waals surface area contributed by atoms with Gasteiger partial charge in [-0.05, 0) is 40.1 Å². The highest BCUT2D eigenvalue weighted by Crippen LogP contribution is 2.33. The zero-order chi connectivity index (χ0) is 16.6. The Bertz CT molecular complexity index is 863. The third-order valence-electron chi connectivity index (χ3n) is 4.17. The number of aromatic nitrogens is 1. The summed E-state index contributed by atoms with van der Waals surface area (Å²) in [6.07, 6.45) is 1.90. The van der Waals surface area contributed by atoms with Gasteiger partial charge in [-0.3, -0.25) is 4.98 Å². The van der Waals surface area contributed by atoms with E-state index < -0.39 is 0 Å². The Morgan fingerprint density at radius 1 is 1.04 bits per heavy atom. The molecule has 0 unspecified atom stereocenters. The van der Waals surface area contributed by atoms with E-state index in [1.54, 1.807) is 0 Å². The summed E-state index contributed by atoms with van der Waals surface area (Å²) in [5.74, 6) is 0. The summed E-state index contributed by atoms with van der Waals surface area (Å²) in [5.41, 5.74) is 10.4. The molecule has 0 spiro atoms. The average molecular weight is 325 g/mol. The van der Waals surface area contributed by atoms with Crippen LogP contribution in [-0.4, -0.2) is 4.98 Å². The first-order valence-electron chi connectivity index (χ1n) is 7.78. The van der Waals surface area contributed by atoms with Gasteiger partial charge in [-0.2, -0.15) is 0 Å². The summed E-state index contributed by atoms with van der Waals surface area (Å²) < 4.78 is 0. The first-order chi connectivity index (χ1) is 10.9. The maximum Gasteiger partial charge on any atom is 0.0618 e. The lowest BCUT2D eigenvalue weighted by Crippen LogP contribution is -2.11. The van der Waals surface area contributed by atoms with Gasteiger partial charge < -0.3 is 5.73 Å². The molecule has 1 aromatic heterocycles. The van der Waals surface area contributed by atoms with E-state index in [2.05, 4.69) is 50.0 Å². The van der Waals surface area contributed by atoms with Crippen LogP contribution in [0.3, 0.4) is 0 Å². The predicted octanol–water partition coefficient (Wildman–Crippen LogP) is 5.31. The van der Waals surface area contributed by atoms with Gasteiger partial charge >= 0.3 is 0 Å². The van der Waals surface area contributed by atoms with Crippen molar-refractivity contribution in [2.45, 2.75) is 32.7 Å². The molecule has 118 valence electrons. The van der Waals surface area contributed by atoms with Gasteiger partial charge in [0.25, 0.3) is 0 Å². The maximum absolute atomic E-state index is 6.15. The van der Waals surface area contributed by atoms with E-state index in [4.69, 9.17) is 17.3 Å². The summed E-state index contributed by atoms with van der Waals surface area (Å²) in [7, 11) is 0. The Hall–Kier alpha value is -1.90. The number of benzene rings is 2. The van der Waals surface area contributed by atoms with Gasteiger partial charge in [0.05, 0.1) is 5.69 Å². The second kappa shape index (κ2) is 5.95.